The number of thiophene rings is 1. The number of imide groups is 1. The van der Waals surface area contributed by atoms with E-state index in [0.717, 1.165) is 10.5 Å². The van der Waals surface area contributed by atoms with Gasteiger partial charge in [-0.25, -0.2) is 9.18 Å². The molecule has 4 nitrogen and oxygen atoms in total. The number of hydrogen-bond acceptors (Lipinski definition) is 3. The van der Waals surface area contributed by atoms with Crippen LogP contribution in [0.2, 0.25) is 0 Å². The van der Waals surface area contributed by atoms with Crippen molar-refractivity contribution in [2.75, 3.05) is 0 Å². The van der Waals surface area contributed by atoms with Gasteiger partial charge < -0.3 is 5.32 Å². The molecule has 1 fully saturated rings. The molecule has 1 aliphatic rings. The van der Waals surface area contributed by atoms with Crippen molar-refractivity contribution in [1.29, 1.82) is 0 Å². The van der Waals surface area contributed by atoms with Crippen LogP contribution in [0.5, 0.6) is 0 Å². The fourth-order valence-electron chi connectivity index (χ4n) is 2.40. The lowest BCUT2D eigenvalue weighted by Crippen LogP contribution is -2.40. The van der Waals surface area contributed by atoms with Gasteiger partial charge in [0.25, 0.3) is 5.91 Å². The first-order chi connectivity index (χ1) is 10.0. The van der Waals surface area contributed by atoms with Gasteiger partial charge in [-0.3, -0.25) is 9.69 Å². The average Bonchev–Trinajstić information content (AvgIpc) is 3.04. The Hall–Kier alpha value is -2.21. The summed E-state index contributed by atoms with van der Waals surface area (Å²) in [5.41, 5.74) is 0.283. The summed E-state index contributed by atoms with van der Waals surface area (Å²) in [6.45, 7) is 1.74. The van der Waals surface area contributed by atoms with Gasteiger partial charge in [0.2, 0.25) is 0 Å². The van der Waals surface area contributed by atoms with Crippen LogP contribution in [0.3, 0.4) is 0 Å². The summed E-state index contributed by atoms with van der Waals surface area (Å²) in [6.07, 6.45) is 0. The van der Waals surface area contributed by atoms with E-state index in [0.29, 0.717) is 5.56 Å². The molecule has 1 unspecified atom stereocenters. The Labute approximate surface area is 125 Å². The normalized spacial score (nSPS) is 21.7. The maximum Gasteiger partial charge on any atom is 0.325 e. The summed E-state index contributed by atoms with van der Waals surface area (Å²) in [5, 5.41) is 6.41. The topological polar surface area (TPSA) is 49.4 Å². The minimum Gasteiger partial charge on any atom is -0.319 e. The Morgan fingerprint density at radius 2 is 2.14 bits per heavy atom. The maximum atomic E-state index is 13.2. The van der Waals surface area contributed by atoms with Crippen LogP contribution in [0.1, 0.15) is 18.1 Å². The maximum absolute atomic E-state index is 13.2. The molecule has 6 heteroatoms. The van der Waals surface area contributed by atoms with Gasteiger partial charge in [0.1, 0.15) is 11.4 Å². The number of carbonyl (C=O) groups excluding carboxylic acids is 2. The first kappa shape index (κ1) is 13.8. The fraction of sp³-hybridized carbons (Fsp3) is 0.200. The van der Waals surface area contributed by atoms with Crippen LogP contribution in [-0.4, -0.2) is 16.8 Å². The summed E-state index contributed by atoms with van der Waals surface area (Å²) in [5.74, 6) is -0.713. The molecule has 2 heterocycles. The number of nitrogens with zero attached hydrogens (tertiary/aromatic N) is 1. The van der Waals surface area contributed by atoms with Gasteiger partial charge in [0.05, 0.1) is 6.54 Å². The number of nitrogens with one attached hydrogen (secondary N) is 1. The van der Waals surface area contributed by atoms with Crippen molar-refractivity contribution >= 4 is 23.3 Å². The number of amides is 3. The number of rotatable bonds is 3. The zero-order valence-electron chi connectivity index (χ0n) is 11.3. The molecule has 3 amide bonds. The highest BCUT2D eigenvalue weighted by Gasteiger charge is 2.49. The zero-order valence-corrected chi connectivity index (χ0v) is 12.1. The molecule has 21 heavy (non-hydrogen) atoms. The van der Waals surface area contributed by atoms with Crippen molar-refractivity contribution < 1.29 is 14.0 Å². The molecule has 3 rings (SSSR count). The highest BCUT2D eigenvalue weighted by atomic mass is 32.1. The van der Waals surface area contributed by atoms with E-state index in [1.165, 1.54) is 23.5 Å². The molecule has 0 spiro atoms. The van der Waals surface area contributed by atoms with Crippen LogP contribution in [0, 0.1) is 5.82 Å². The fourth-order valence-corrected chi connectivity index (χ4v) is 3.17. The van der Waals surface area contributed by atoms with E-state index in [1.807, 2.05) is 16.8 Å². The first-order valence-electron chi connectivity index (χ1n) is 6.42. The largest absolute Gasteiger partial charge is 0.325 e. The van der Waals surface area contributed by atoms with E-state index >= 15 is 0 Å². The van der Waals surface area contributed by atoms with Gasteiger partial charge in [-0.05, 0) is 47.0 Å². The highest BCUT2D eigenvalue weighted by molar-refractivity contribution is 7.08. The van der Waals surface area contributed by atoms with Crippen LogP contribution in [0.25, 0.3) is 0 Å². The van der Waals surface area contributed by atoms with Gasteiger partial charge in [-0.2, -0.15) is 11.3 Å². The zero-order chi connectivity index (χ0) is 15.0. The van der Waals surface area contributed by atoms with E-state index in [-0.39, 0.29) is 18.3 Å². The van der Waals surface area contributed by atoms with E-state index in [1.54, 1.807) is 19.1 Å². The Morgan fingerprint density at radius 1 is 1.33 bits per heavy atom. The van der Waals surface area contributed by atoms with E-state index in [9.17, 15) is 14.0 Å². The number of urea groups is 1. The Bertz CT molecular complexity index is 701. The van der Waals surface area contributed by atoms with Crippen LogP contribution < -0.4 is 5.32 Å². The molecule has 0 bridgehead atoms. The third-order valence-electron chi connectivity index (χ3n) is 3.60. The molecular formula is C15H13FN2O2S. The second-order valence-electron chi connectivity index (χ2n) is 5.09. The molecule has 0 aliphatic carbocycles. The summed E-state index contributed by atoms with van der Waals surface area (Å²) < 4.78 is 13.2. The average molecular weight is 304 g/mol. The van der Waals surface area contributed by atoms with E-state index in [4.69, 9.17) is 0 Å². The number of benzene rings is 1. The monoisotopic (exact) mass is 304 g/mol. The number of carbonyl (C=O) groups is 2. The van der Waals surface area contributed by atoms with E-state index in [2.05, 4.69) is 5.32 Å². The Balaban J connectivity index is 1.88. The Kier molecular flexibility index (Phi) is 3.25. The van der Waals surface area contributed by atoms with Crippen molar-refractivity contribution in [2.45, 2.75) is 19.0 Å². The van der Waals surface area contributed by atoms with Crippen LogP contribution >= 0.6 is 11.3 Å². The standard InChI is InChI=1S/C15H13FN2O2S/c1-15(11-5-6-21-9-11)13(19)18(14(20)17-15)8-10-3-2-4-12(16)7-10/h2-7,9H,8H2,1H3,(H,17,20). The van der Waals surface area contributed by atoms with Crippen molar-refractivity contribution in [1.82, 2.24) is 10.2 Å². The van der Waals surface area contributed by atoms with Crippen molar-refractivity contribution in [3.8, 4) is 0 Å². The highest BCUT2D eigenvalue weighted by Crippen LogP contribution is 2.31. The van der Waals surface area contributed by atoms with Crippen molar-refractivity contribution in [3.05, 3.63) is 58.0 Å². The lowest BCUT2D eigenvalue weighted by atomic mass is 9.95. The minimum absolute atomic E-state index is 0.0577. The van der Waals surface area contributed by atoms with Crippen molar-refractivity contribution in [3.63, 3.8) is 0 Å². The molecule has 0 saturated carbocycles. The number of halogens is 1. The van der Waals surface area contributed by atoms with Gasteiger partial charge in [0.15, 0.2) is 0 Å². The van der Waals surface area contributed by atoms with Gasteiger partial charge in [-0.1, -0.05) is 12.1 Å². The smallest absolute Gasteiger partial charge is 0.319 e. The molecule has 0 radical (unpaired) electrons. The molecule has 1 saturated heterocycles. The molecule has 2 aromatic rings. The third-order valence-corrected chi connectivity index (χ3v) is 4.29. The van der Waals surface area contributed by atoms with Gasteiger partial charge >= 0.3 is 6.03 Å². The van der Waals surface area contributed by atoms with E-state index < -0.39 is 11.6 Å². The summed E-state index contributed by atoms with van der Waals surface area (Å²) >= 11 is 1.46. The van der Waals surface area contributed by atoms with Gasteiger partial charge in [0, 0.05) is 0 Å². The van der Waals surface area contributed by atoms with Gasteiger partial charge in [-0.15, -0.1) is 0 Å². The lowest BCUT2D eigenvalue weighted by Gasteiger charge is -2.20. The molecule has 1 N–H and O–H groups in total. The van der Waals surface area contributed by atoms with Crippen LogP contribution in [-0.2, 0) is 16.9 Å². The SMILES string of the molecule is CC1(c2ccsc2)NC(=O)N(Cc2cccc(F)c2)C1=O. The molecular weight excluding hydrogens is 291 g/mol. The predicted molar refractivity (Wildman–Crippen MR) is 77.2 cm³/mol. The predicted octanol–water partition coefficient (Wildman–Crippen LogP) is 2.85. The first-order valence-corrected chi connectivity index (χ1v) is 7.36. The summed E-state index contributed by atoms with van der Waals surface area (Å²) in [7, 11) is 0. The lowest BCUT2D eigenvalue weighted by molar-refractivity contribution is -0.131. The molecule has 1 aromatic carbocycles. The second kappa shape index (κ2) is 4.96. The minimum atomic E-state index is -1.05. The van der Waals surface area contributed by atoms with Crippen molar-refractivity contribution in [2.24, 2.45) is 0 Å². The second-order valence-corrected chi connectivity index (χ2v) is 5.87. The van der Waals surface area contributed by atoms with Crippen LogP contribution in [0.4, 0.5) is 9.18 Å². The van der Waals surface area contributed by atoms with Crippen LogP contribution in [0.15, 0.2) is 41.1 Å². The number of hydrogen-bond donors (Lipinski definition) is 1. The molecule has 1 atom stereocenters. The summed E-state index contributed by atoms with van der Waals surface area (Å²) in [6, 6.07) is 7.24. The molecule has 1 aromatic heterocycles. The summed E-state index contributed by atoms with van der Waals surface area (Å²) in [4.78, 5) is 25.8. The quantitative estimate of drug-likeness (QED) is 0.887. The third kappa shape index (κ3) is 2.31. The molecule has 1 aliphatic heterocycles. The molecule has 108 valence electrons. The Morgan fingerprint density at radius 3 is 2.81 bits per heavy atom.